The Labute approximate surface area is 123 Å². The van der Waals surface area contributed by atoms with E-state index in [9.17, 15) is 10.1 Å². The van der Waals surface area contributed by atoms with Gasteiger partial charge in [-0.25, -0.2) is 9.97 Å². The Balaban J connectivity index is 2.38. The minimum Gasteiger partial charge on any atom is -0.354 e. The maximum absolute atomic E-state index is 11.2. The van der Waals surface area contributed by atoms with Gasteiger partial charge in [0.05, 0.1) is 4.92 Å². The predicted molar refractivity (Wildman–Crippen MR) is 76.2 cm³/mol. The molecule has 0 saturated heterocycles. The highest BCUT2D eigenvalue weighted by molar-refractivity contribution is 8.01. The van der Waals surface area contributed by atoms with E-state index >= 15 is 0 Å². The van der Waals surface area contributed by atoms with Gasteiger partial charge in [-0.2, -0.15) is 9.36 Å². The van der Waals surface area contributed by atoms with Crippen molar-refractivity contribution in [1.29, 1.82) is 0 Å². The van der Waals surface area contributed by atoms with Gasteiger partial charge in [-0.1, -0.05) is 6.92 Å². The molecule has 0 amide bonds. The van der Waals surface area contributed by atoms with Crippen LogP contribution in [0.25, 0.3) is 0 Å². The van der Waals surface area contributed by atoms with Gasteiger partial charge in [-0.3, -0.25) is 10.1 Å². The minimum atomic E-state index is -0.470. The van der Waals surface area contributed by atoms with Crippen molar-refractivity contribution in [2.24, 2.45) is 0 Å². The number of anilines is 1. The number of nitrogens with zero attached hydrogens (tertiary/aromatic N) is 5. The molecular weight excluding hydrogens is 300 g/mol. The summed E-state index contributed by atoms with van der Waals surface area (Å²) in [6, 6.07) is 0. The van der Waals surface area contributed by atoms with E-state index in [0.29, 0.717) is 22.5 Å². The molecule has 0 bridgehead atoms. The predicted octanol–water partition coefficient (Wildman–Crippen LogP) is 2.52. The molecule has 1 N–H and O–H groups in total. The minimum absolute atomic E-state index is 0.0905. The van der Waals surface area contributed by atoms with Crippen LogP contribution in [0.5, 0.6) is 0 Å². The van der Waals surface area contributed by atoms with Gasteiger partial charge in [0, 0.05) is 6.54 Å². The summed E-state index contributed by atoms with van der Waals surface area (Å²) in [5.74, 6) is 0.391. The fraction of sp³-hybridized carbons (Fsp3) is 0.400. The van der Waals surface area contributed by atoms with E-state index in [4.69, 9.17) is 0 Å². The molecule has 0 aliphatic carbocycles. The fourth-order valence-electron chi connectivity index (χ4n) is 1.43. The summed E-state index contributed by atoms with van der Waals surface area (Å²) >= 11 is 2.29. The first kappa shape index (κ1) is 14.6. The summed E-state index contributed by atoms with van der Waals surface area (Å²) in [5, 5.41) is 14.5. The molecule has 0 fully saturated rings. The zero-order valence-corrected chi connectivity index (χ0v) is 12.5. The highest BCUT2D eigenvalue weighted by Crippen LogP contribution is 2.35. The van der Waals surface area contributed by atoms with Crippen molar-refractivity contribution in [2.45, 2.75) is 29.6 Å². The summed E-state index contributed by atoms with van der Waals surface area (Å²) in [4.78, 5) is 23.0. The lowest BCUT2D eigenvalue weighted by Crippen LogP contribution is -2.08. The van der Waals surface area contributed by atoms with Crippen LogP contribution >= 0.6 is 23.3 Å². The van der Waals surface area contributed by atoms with Crippen LogP contribution in [0, 0.1) is 17.0 Å². The molecule has 0 spiro atoms. The van der Waals surface area contributed by atoms with Crippen molar-refractivity contribution >= 4 is 34.9 Å². The van der Waals surface area contributed by atoms with Crippen molar-refractivity contribution in [2.75, 3.05) is 11.9 Å². The zero-order valence-electron chi connectivity index (χ0n) is 10.9. The van der Waals surface area contributed by atoms with E-state index < -0.39 is 4.92 Å². The molecule has 106 valence electrons. The standard InChI is InChI=1S/C10H12N6O2S2/c1-3-4-11-9-14-6(2)7(16(17)18)8(15-9)19-10-12-5-13-20-10/h5H,3-4H2,1-2H3,(H,11,14,15). The molecule has 10 heteroatoms. The van der Waals surface area contributed by atoms with Gasteiger partial charge in [0.2, 0.25) is 5.95 Å². The van der Waals surface area contributed by atoms with Crippen LogP contribution in [-0.2, 0) is 0 Å². The first-order valence-corrected chi connectivity index (χ1v) is 7.42. The fourth-order valence-corrected chi connectivity index (χ4v) is 2.94. The number of hydrogen-bond acceptors (Lipinski definition) is 9. The van der Waals surface area contributed by atoms with Gasteiger partial charge in [-0.05, 0) is 36.6 Å². The second-order valence-electron chi connectivity index (χ2n) is 3.78. The van der Waals surface area contributed by atoms with Crippen LogP contribution in [0.2, 0.25) is 0 Å². The Morgan fingerprint density at radius 3 is 2.90 bits per heavy atom. The normalized spacial score (nSPS) is 10.5. The Morgan fingerprint density at radius 1 is 1.50 bits per heavy atom. The maximum atomic E-state index is 11.2. The highest BCUT2D eigenvalue weighted by atomic mass is 32.2. The van der Waals surface area contributed by atoms with Gasteiger partial charge in [0.25, 0.3) is 0 Å². The third-order valence-corrected chi connectivity index (χ3v) is 3.96. The third kappa shape index (κ3) is 3.39. The second-order valence-corrected chi connectivity index (χ2v) is 5.80. The number of nitro groups is 1. The SMILES string of the molecule is CCCNc1nc(C)c([N+](=O)[O-])c(Sc2ncns2)n1. The zero-order chi connectivity index (χ0) is 14.5. The molecule has 2 rings (SSSR count). The molecule has 0 radical (unpaired) electrons. The number of nitrogens with one attached hydrogen (secondary N) is 1. The van der Waals surface area contributed by atoms with E-state index in [-0.39, 0.29) is 10.7 Å². The molecule has 0 aromatic carbocycles. The monoisotopic (exact) mass is 312 g/mol. The Bertz CT molecular complexity index is 604. The lowest BCUT2D eigenvalue weighted by Gasteiger charge is -2.07. The average molecular weight is 312 g/mol. The van der Waals surface area contributed by atoms with Crippen LogP contribution in [-0.4, -0.2) is 30.8 Å². The highest BCUT2D eigenvalue weighted by Gasteiger charge is 2.23. The van der Waals surface area contributed by atoms with Crippen molar-refractivity contribution in [1.82, 2.24) is 19.3 Å². The Kier molecular flexibility index (Phi) is 4.79. The topological polar surface area (TPSA) is 107 Å². The molecule has 20 heavy (non-hydrogen) atoms. The molecule has 2 aromatic rings. The smallest absolute Gasteiger partial charge is 0.322 e. The van der Waals surface area contributed by atoms with Crippen molar-refractivity contribution in [3.8, 4) is 0 Å². The lowest BCUT2D eigenvalue weighted by atomic mass is 10.4. The summed E-state index contributed by atoms with van der Waals surface area (Å²) in [7, 11) is 0. The molecule has 8 nitrogen and oxygen atoms in total. The van der Waals surface area contributed by atoms with Crippen LogP contribution in [0.3, 0.4) is 0 Å². The van der Waals surface area contributed by atoms with Crippen LogP contribution in [0.4, 0.5) is 11.6 Å². The van der Waals surface area contributed by atoms with Crippen LogP contribution < -0.4 is 5.32 Å². The van der Waals surface area contributed by atoms with Crippen LogP contribution in [0.15, 0.2) is 15.7 Å². The van der Waals surface area contributed by atoms with E-state index in [2.05, 4.69) is 24.6 Å². The lowest BCUT2D eigenvalue weighted by molar-refractivity contribution is -0.389. The van der Waals surface area contributed by atoms with E-state index in [1.807, 2.05) is 6.92 Å². The maximum Gasteiger partial charge on any atom is 0.322 e. The number of hydrogen-bond donors (Lipinski definition) is 1. The van der Waals surface area contributed by atoms with E-state index in [0.717, 1.165) is 18.2 Å². The second kappa shape index (κ2) is 6.57. The Morgan fingerprint density at radius 2 is 2.30 bits per heavy atom. The molecule has 2 aromatic heterocycles. The molecule has 2 heterocycles. The number of aromatic nitrogens is 4. The van der Waals surface area contributed by atoms with Crippen molar-refractivity contribution in [3.63, 3.8) is 0 Å². The van der Waals surface area contributed by atoms with Gasteiger partial charge >= 0.3 is 5.69 Å². The first-order valence-electron chi connectivity index (χ1n) is 5.83. The van der Waals surface area contributed by atoms with Gasteiger partial charge < -0.3 is 5.32 Å². The summed E-state index contributed by atoms with van der Waals surface area (Å²) in [6.07, 6.45) is 2.32. The Hall–Kier alpha value is -1.81. The van der Waals surface area contributed by atoms with E-state index in [1.54, 1.807) is 6.92 Å². The van der Waals surface area contributed by atoms with Crippen molar-refractivity contribution < 1.29 is 4.92 Å². The van der Waals surface area contributed by atoms with Crippen molar-refractivity contribution in [3.05, 3.63) is 22.1 Å². The summed E-state index contributed by atoms with van der Waals surface area (Å²) in [6.45, 7) is 4.32. The van der Waals surface area contributed by atoms with Gasteiger partial charge in [-0.15, -0.1) is 0 Å². The van der Waals surface area contributed by atoms with E-state index in [1.165, 1.54) is 17.9 Å². The molecule has 0 aliphatic heterocycles. The summed E-state index contributed by atoms with van der Waals surface area (Å²) in [5.41, 5.74) is 0.239. The largest absolute Gasteiger partial charge is 0.354 e. The number of aryl methyl sites for hydroxylation is 1. The summed E-state index contributed by atoms with van der Waals surface area (Å²) < 4.78 is 4.47. The van der Waals surface area contributed by atoms with Crippen LogP contribution in [0.1, 0.15) is 19.0 Å². The molecule has 0 saturated carbocycles. The molecule has 0 unspecified atom stereocenters. The quantitative estimate of drug-likeness (QED) is 0.492. The van der Waals surface area contributed by atoms with Gasteiger partial charge in [0.15, 0.2) is 9.37 Å². The molecule has 0 aliphatic rings. The number of rotatable bonds is 6. The molecular formula is C10H12N6O2S2. The third-order valence-electron chi connectivity index (χ3n) is 2.27. The average Bonchev–Trinajstić information content (AvgIpc) is 2.88. The van der Waals surface area contributed by atoms with Gasteiger partial charge in [0.1, 0.15) is 12.0 Å². The first-order chi connectivity index (χ1) is 9.61. The molecule has 0 atom stereocenters.